The van der Waals surface area contributed by atoms with Crippen LogP contribution in [0.5, 0.6) is 0 Å². The van der Waals surface area contributed by atoms with E-state index in [1.807, 2.05) is 27.7 Å². The molecule has 3 fully saturated rings. The van der Waals surface area contributed by atoms with Gasteiger partial charge < -0.3 is 0 Å². The van der Waals surface area contributed by atoms with Gasteiger partial charge in [-0.05, 0) is 0 Å². The number of sulfone groups is 1. The van der Waals surface area contributed by atoms with Crippen molar-refractivity contribution >= 4 is 39.4 Å². The summed E-state index contributed by atoms with van der Waals surface area (Å²) in [4.78, 5) is 69.2. The summed E-state index contributed by atoms with van der Waals surface area (Å²) in [7, 11) is -3.39. The molecule has 0 spiro atoms. The molecule has 0 aromatic rings. The Labute approximate surface area is 290 Å². The monoisotopic (exact) mass is 792 g/mol. The quantitative estimate of drug-likeness (QED) is 0.0763. The van der Waals surface area contributed by atoms with Gasteiger partial charge in [0.1, 0.15) is 0 Å². The van der Waals surface area contributed by atoms with Crippen molar-refractivity contribution in [2.24, 2.45) is 11.3 Å². The van der Waals surface area contributed by atoms with Crippen molar-refractivity contribution in [1.82, 2.24) is 26.2 Å². The fourth-order valence-electron chi connectivity index (χ4n) is 7.12. The van der Waals surface area contributed by atoms with E-state index in [0.717, 1.165) is 19.3 Å². The number of nitrogens with one attached hydrogen (secondary N) is 4. The molecule has 268 valence electrons. The minimum atomic E-state index is -3.39. The van der Waals surface area contributed by atoms with Crippen molar-refractivity contribution in [2.45, 2.75) is 124 Å². The zero-order chi connectivity index (χ0) is 35.4. The minimum absolute atomic E-state index is 0.0227. The first-order valence-electron chi connectivity index (χ1n) is 16.8. The van der Waals surface area contributed by atoms with Crippen LogP contribution in [0, 0.1) is 11.3 Å². The van der Waals surface area contributed by atoms with Gasteiger partial charge in [-0.1, -0.05) is 6.92 Å². The predicted octanol–water partition coefficient (Wildman–Crippen LogP) is -0.929. The molecule has 3 unspecified atom stereocenters. The molecule has 0 aromatic carbocycles. The molecular weight excluding hydrogens is 737 g/mol. The Morgan fingerprint density at radius 2 is 1.68 bits per heavy atom. The van der Waals surface area contributed by atoms with Crippen LogP contribution < -0.4 is 42.5 Å². The zero-order valence-corrected chi connectivity index (χ0v) is 32.0. The molecule has 2 saturated heterocycles. The van der Waals surface area contributed by atoms with E-state index in [4.69, 9.17) is 0 Å². The van der Waals surface area contributed by atoms with Gasteiger partial charge in [0.15, 0.2) is 0 Å². The fraction of sp³-hybridized carbons (Fsp3) is 0.788. The molecule has 4 N–H and O–H groups in total. The van der Waals surface area contributed by atoms with E-state index < -0.39 is 68.5 Å². The van der Waals surface area contributed by atoms with E-state index in [0.29, 0.717) is 25.8 Å². The number of urea groups is 1. The van der Waals surface area contributed by atoms with Crippen LogP contribution in [0.3, 0.4) is 0 Å². The van der Waals surface area contributed by atoms with E-state index >= 15 is 0 Å². The van der Waals surface area contributed by atoms with Gasteiger partial charge in [0, 0.05) is 0 Å². The summed E-state index contributed by atoms with van der Waals surface area (Å²) in [5.74, 6) is -2.73. The molecule has 0 bridgehead atoms. The Morgan fingerprint density at radius 1 is 1.04 bits per heavy atom. The Hall–Kier alpha value is -2.23. The van der Waals surface area contributed by atoms with Crippen LogP contribution in [-0.4, -0.2) is 98.5 Å². The number of halogens is 1. The van der Waals surface area contributed by atoms with Crippen LogP contribution >= 0.6 is 0 Å². The van der Waals surface area contributed by atoms with Gasteiger partial charge in [0.25, 0.3) is 0 Å². The van der Waals surface area contributed by atoms with E-state index in [1.165, 1.54) is 6.08 Å². The van der Waals surface area contributed by atoms with Crippen LogP contribution in [0.15, 0.2) is 12.7 Å². The zero-order valence-electron chi connectivity index (χ0n) is 29.0. The maximum atomic E-state index is 14.5. The molecule has 2 aliphatic heterocycles. The van der Waals surface area contributed by atoms with E-state index in [-0.39, 0.29) is 58.9 Å². The van der Waals surface area contributed by atoms with Crippen LogP contribution in [0.4, 0.5) is 4.79 Å². The first kappa shape index (κ1) is 39.2. The SMILES string of the molecule is C=CCNC(=O)C(=O)[C@@H](CCC)NC(=O)[C@@H]1C2C(CN1C(=O)C(NC(=O)NC1(CS(=O)(=O)CC)CCCCC1)C(C)(C)C)[I-]C2(C)C. The number of hydrogen-bond donors (Lipinski definition) is 4. The molecule has 1 saturated carbocycles. The summed E-state index contributed by atoms with van der Waals surface area (Å²) in [5.41, 5.74) is -1.66. The van der Waals surface area contributed by atoms with Gasteiger partial charge in [0.2, 0.25) is 0 Å². The van der Waals surface area contributed by atoms with Gasteiger partial charge in [0.05, 0.1) is 0 Å². The van der Waals surface area contributed by atoms with Crippen LogP contribution in [0.1, 0.15) is 93.4 Å². The van der Waals surface area contributed by atoms with Gasteiger partial charge in [-0.3, -0.25) is 0 Å². The van der Waals surface area contributed by atoms with E-state index in [9.17, 15) is 32.4 Å². The summed E-state index contributed by atoms with van der Waals surface area (Å²) in [6.07, 6.45) is 5.90. The first-order valence-corrected chi connectivity index (χ1v) is 20.9. The Balaban J connectivity index is 1.88. The molecule has 3 rings (SSSR count). The summed E-state index contributed by atoms with van der Waals surface area (Å²) >= 11 is -0.335. The van der Waals surface area contributed by atoms with Crippen LogP contribution in [-0.2, 0) is 29.0 Å². The second-order valence-corrected chi connectivity index (χ2v) is 22.1. The van der Waals surface area contributed by atoms with Crippen molar-refractivity contribution in [2.75, 3.05) is 24.6 Å². The Kier molecular flexibility index (Phi) is 13.0. The second-order valence-electron chi connectivity index (χ2n) is 14.8. The standard InChI is InChI=1S/C33H55IN5O7S/c1-9-15-22(25(40)28(42)35-18-10-2)36-27(41)24-23-21(34-32(23,7)8)19-39(24)29(43)26(31(4,5)6)37-30(44)38-33(16-13-12-14-17-33)20-47(45,46)11-3/h10,21-24,26H,2,9,11-20H2,1,3-8H3,(H,35,42)(H,36,41)(H2,37,38,44)/q-1/t21?,22-,23?,24+,26?/m1/s1. The summed E-state index contributed by atoms with van der Waals surface area (Å²) in [6, 6.07) is -3.53. The van der Waals surface area contributed by atoms with Gasteiger partial charge >= 0.3 is 285 Å². The fourth-order valence-corrected chi connectivity index (χ4v) is 13.5. The number of likely N-dealkylation sites (tertiary alicyclic amines) is 1. The third-order valence-corrected chi connectivity index (χ3v) is 15.7. The number of carbonyl (C=O) groups is 5. The molecule has 3 aliphatic rings. The third-order valence-electron chi connectivity index (χ3n) is 9.56. The Bertz CT molecular complexity index is 1320. The number of ketones is 1. The molecular formula is C33H55IN5O7S-. The van der Waals surface area contributed by atoms with E-state index in [1.54, 1.807) is 11.8 Å². The van der Waals surface area contributed by atoms with E-state index in [2.05, 4.69) is 41.7 Å². The summed E-state index contributed by atoms with van der Waals surface area (Å²) < 4.78 is 25.4. The van der Waals surface area contributed by atoms with Crippen molar-refractivity contribution < 1.29 is 53.6 Å². The summed E-state index contributed by atoms with van der Waals surface area (Å²) in [6.45, 7) is 17.2. The van der Waals surface area contributed by atoms with Crippen molar-refractivity contribution in [3.8, 4) is 0 Å². The summed E-state index contributed by atoms with van der Waals surface area (Å²) in [5, 5.41) is 11.1. The van der Waals surface area contributed by atoms with Crippen LogP contribution in [0.25, 0.3) is 0 Å². The van der Waals surface area contributed by atoms with Crippen molar-refractivity contribution in [1.29, 1.82) is 0 Å². The molecule has 1 aliphatic carbocycles. The Morgan fingerprint density at radius 3 is 2.21 bits per heavy atom. The topological polar surface area (TPSA) is 171 Å². The maximum absolute atomic E-state index is 14.5. The number of rotatable bonds is 14. The molecule has 12 nitrogen and oxygen atoms in total. The number of Topliss-reactive ketones (excluding diaryl/α,β-unsaturated/α-hetero) is 1. The van der Waals surface area contributed by atoms with Crippen molar-refractivity contribution in [3.05, 3.63) is 12.7 Å². The molecule has 5 atom stereocenters. The van der Waals surface area contributed by atoms with Crippen LogP contribution in [0.2, 0.25) is 0 Å². The van der Waals surface area contributed by atoms with Gasteiger partial charge in [-0.15, -0.1) is 0 Å². The average molecular weight is 793 g/mol. The third kappa shape index (κ3) is 9.48. The average Bonchev–Trinajstić information content (AvgIpc) is 3.32. The molecule has 47 heavy (non-hydrogen) atoms. The molecule has 2 heterocycles. The first-order chi connectivity index (χ1) is 21.8. The van der Waals surface area contributed by atoms with Gasteiger partial charge in [-0.2, -0.15) is 0 Å². The number of hydrogen-bond acceptors (Lipinski definition) is 7. The number of fused-ring (bicyclic) bond motifs is 1. The van der Waals surface area contributed by atoms with Crippen molar-refractivity contribution in [3.63, 3.8) is 0 Å². The molecule has 0 aromatic heterocycles. The number of alkyl halides is 2. The predicted molar refractivity (Wildman–Crippen MR) is 177 cm³/mol. The van der Waals surface area contributed by atoms with Gasteiger partial charge in [-0.25, -0.2) is 0 Å². The normalized spacial score (nSPS) is 24.7. The number of amides is 5. The number of carbonyl (C=O) groups excluding carboxylic acids is 5. The second kappa shape index (κ2) is 15.5. The molecule has 14 heteroatoms. The molecule has 0 radical (unpaired) electrons. The number of nitrogens with zero attached hydrogens (tertiary/aromatic N) is 1. The molecule has 5 amide bonds.